The quantitative estimate of drug-likeness (QED) is 0.734. The fourth-order valence-electron chi connectivity index (χ4n) is 2.01. The van der Waals surface area contributed by atoms with E-state index in [1.54, 1.807) is 12.4 Å². The molecular formula is C15H26N4O. The SMILES string of the molecule is CCN(CC)c1cncc(C(=O)NCCCN(C)C)c1. The molecule has 0 spiro atoms. The number of aromatic nitrogens is 1. The summed E-state index contributed by atoms with van der Waals surface area (Å²) < 4.78 is 0. The molecule has 1 N–H and O–H groups in total. The molecule has 0 radical (unpaired) electrons. The third-order valence-electron chi connectivity index (χ3n) is 3.18. The Bertz CT molecular complexity index is 416. The van der Waals surface area contributed by atoms with Crippen molar-refractivity contribution >= 4 is 11.6 Å². The predicted molar refractivity (Wildman–Crippen MR) is 83.3 cm³/mol. The van der Waals surface area contributed by atoms with Crippen molar-refractivity contribution in [3.8, 4) is 0 Å². The van der Waals surface area contributed by atoms with Crippen LogP contribution in [0, 0.1) is 0 Å². The van der Waals surface area contributed by atoms with Gasteiger partial charge in [0.25, 0.3) is 5.91 Å². The van der Waals surface area contributed by atoms with Crippen LogP contribution in [-0.2, 0) is 0 Å². The lowest BCUT2D eigenvalue weighted by atomic mass is 10.2. The second-order valence-electron chi connectivity index (χ2n) is 5.02. The smallest absolute Gasteiger partial charge is 0.252 e. The van der Waals surface area contributed by atoms with Crippen LogP contribution in [0.3, 0.4) is 0 Å². The third kappa shape index (κ3) is 5.17. The van der Waals surface area contributed by atoms with Gasteiger partial charge in [-0.3, -0.25) is 9.78 Å². The molecule has 20 heavy (non-hydrogen) atoms. The molecular weight excluding hydrogens is 252 g/mol. The highest BCUT2D eigenvalue weighted by atomic mass is 16.1. The number of nitrogens with zero attached hydrogens (tertiary/aromatic N) is 3. The first-order chi connectivity index (χ1) is 9.58. The Morgan fingerprint density at radius 2 is 1.95 bits per heavy atom. The van der Waals surface area contributed by atoms with Crippen molar-refractivity contribution in [2.45, 2.75) is 20.3 Å². The van der Waals surface area contributed by atoms with Crippen LogP contribution in [0.2, 0.25) is 0 Å². The first kappa shape index (κ1) is 16.4. The van der Waals surface area contributed by atoms with E-state index < -0.39 is 0 Å². The summed E-state index contributed by atoms with van der Waals surface area (Å²) in [6, 6.07) is 1.90. The summed E-state index contributed by atoms with van der Waals surface area (Å²) in [6.07, 6.45) is 4.37. The fourth-order valence-corrected chi connectivity index (χ4v) is 2.01. The van der Waals surface area contributed by atoms with Crippen molar-refractivity contribution in [1.82, 2.24) is 15.2 Å². The summed E-state index contributed by atoms with van der Waals surface area (Å²) in [5.41, 5.74) is 1.62. The molecule has 1 amide bonds. The van der Waals surface area contributed by atoms with Gasteiger partial charge in [0, 0.05) is 25.8 Å². The number of anilines is 1. The number of hydrogen-bond acceptors (Lipinski definition) is 4. The summed E-state index contributed by atoms with van der Waals surface area (Å²) in [5, 5.41) is 2.93. The second-order valence-corrected chi connectivity index (χ2v) is 5.02. The van der Waals surface area contributed by atoms with Gasteiger partial charge in [0.2, 0.25) is 0 Å². The maximum atomic E-state index is 12.1. The maximum Gasteiger partial charge on any atom is 0.252 e. The van der Waals surface area contributed by atoms with Gasteiger partial charge >= 0.3 is 0 Å². The van der Waals surface area contributed by atoms with E-state index in [1.165, 1.54) is 0 Å². The molecule has 0 atom stereocenters. The van der Waals surface area contributed by atoms with Crippen LogP contribution in [-0.4, -0.2) is 56.1 Å². The normalized spacial score (nSPS) is 10.7. The highest BCUT2D eigenvalue weighted by Crippen LogP contribution is 2.14. The standard InChI is InChI=1S/C15H26N4O/c1-5-19(6-2)14-10-13(11-16-12-14)15(20)17-8-7-9-18(3)4/h10-12H,5-9H2,1-4H3,(H,17,20). The Hall–Kier alpha value is -1.62. The lowest BCUT2D eigenvalue weighted by Gasteiger charge is -2.20. The van der Waals surface area contributed by atoms with Crippen LogP contribution in [0.25, 0.3) is 0 Å². The van der Waals surface area contributed by atoms with E-state index >= 15 is 0 Å². The van der Waals surface area contributed by atoms with Gasteiger partial charge in [0.15, 0.2) is 0 Å². The molecule has 1 heterocycles. The Morgan fingerprint density at radius 1 is 1.25 bits per heavy atom. The summed E-state index contributed by atoms with van der Waals surface area (Å²) >= 11 is 0. The Kier molecular flexibility index (Phi) is 7.01. The minimum absolute atomic E-state index is 0.0507. The summed E-state index contributed by atoms with van der Waals surface area (Å²) in [5.74, 6) is -0.0507. The average Bonchev–Trinajstić information content (AvgIpc) is 2.45. The van der Waals surface area contributed by atoms with E-state index in [0.29, 0.717) is 12.1 Å². The van der Waals surface area contributed by atoms with Crippen molar-refractivity contribution in [1.29, 1.82) is 0 Å². The lowest BCUT2D eigenvalue weighted by molar-refractivity contribution is 0.0952. The number of nitrogens with one attached hydrogen (secondary N) is 1. The first-order valence-corrected chi connectivity index (χ1v) is 7.21. The molecule has 0 fully saturated rings. The van der Waals surface area contributed by atoms with Gasteiger partial charge in [0.05, 0.1) is 17.4 Å². The molecule has 0 unspecified atom stereocenters. The summed E-state index contributed by atoms with van der Waals surface area (Å²) in [6.45, 7) is 7.66. The minimum Gasteiger partial charge on any atom is -0.371 e. The van der Waals surface area contributed by atoms with Crippen LogP contribution in [0.5, 0.6) is 0 Å². The van der Waals surface area contributed by atoms with E-state index in [4.69, 9.17) is 0 Å². The van der Waals surface area contributed by atoms with Crippen LogP contribution in [0.4, 0.5) is 5.69 Å². The summed E-state index contributed by atoms with van der Waals surface area (Å²) in [7, 11) is 4.05. The van der Waals surface area contributed by atoms with E-state index in [9.17, 15) is 4.79 Å². The molecule has 1 aromatic heterocycles. The molecule has 112 valence electrons. The lowest BCUT2D eigenvalue weighted by Crippen LogP contribution is -2.28. The van der Waals surface area contributed by atoms with Gasteiger partial charge in [0.1, 0.15) is 0 Å². The molecule has 0 aromatic carbocycles. The molecule has 1 aromatic rings. The monoisotopic (exact) mass is 278 g/mol. The molecule has 5 nitrogen and oxygen atoms in total. The number of pyridine rings is 1. The Balaban J connectivity index is 2.58. The Morgan fingerprint density at radius 3 is 2.55 bits per heavy atom. The van der Waals surface area contributed by atoms with Gasteiger partial charge in [-0.1, -0.05) is 0 Å². The van der Waals surface area contributed by atoms with Crippen molar-refractivity contribution in [2.75, 3.05) is 45.2 Å². The fraction of sp³-hybridized carbons (Fsp3) is 0.600. The first-order valence-electron chi connectivity index (χ1n) is 7.21. The topological polar surface area (TPSA) is 48.5 Å². The van der Waals surface area contributed by atoms with Gasteiger partial charge in [-0.25, -0.2) is 0 Å². The maximum absolute atomic E-state index is 12.1. The highest BCUT2D eigenvalue weighted by molar-refractivity contribution is 5.94. The van der Waals surface area contributed by atoms with E-state index in [1.807, 2.05) is 20.2 Å². The number of amides is 1. The molecule has 0 bridgehead atoms. The van der Waals surface area contributed by atoms with E-state index in [2.05, 4.69) is 33.9 Å². The molecule has 5 heteroatoms. The number of carbonyl (C=O) groups is 1. The number of carbonyl (C=O) groups excluding carboxylic acids is 1. The van der Waals surface area contributed by atoms with E-state index in [0.717, 1.165) is 31.7 Å². The molecule has 0 aliphatic heterocycles. The number of rotatable bonds is 8. The molecule has 0 aliphatic rings. The minimum atomic E-state index is -0.0507. The second kappa shape index (κ2) is 8.53. The van der Waals surface area contributed by atoms with Crippen molar-refractivity contribution in [2.24, 2.45) is 0 Å². The highest BCUT2D eigenvalue weighted by Gasteiger charge is 2.09. The molecule has 0 aliphatic carbocycles. The zero-order chi connectivity index (χ0) is 15.0. The number of hydrogen-bond donors (Lipinski definition) is 1. The molecule has 0 saturated carbocycles. The summed E-state index contributed by atoms with van der Waals surface area (Å²) in [4.78, 5) is 20.5. The zero-order valence-electron chi connectivity index (χ0n) is 13.0. The van der Waals surface area contributed by atoms with Crippen LogP contribution < -0.4 is 10.2 Å². The van der Waals surface area contributed by atoms with Crippen LogP contribution in [0.15, 0.2) is 18.5 Å². The Labute approximate surface area is 122 Å². The van der Waals surface area contributed by atoms with Crippen molar-refractivity contribution in [3.05, 3.63) is 24.0 Å². The van der Waals surface area contributed by atoms with Gasteiger partial charge < -0.3 is 15.1 Å². The van der Waals surface area contributed by atoms with Gasteiger partial charge in [-0.05, 0) is 47.0 Å². The van der Waals surface area contributed by atoms with E-state index in [-0.39, 0.29) is 5.91 Å². The zero-order valence-corrected chi connectivity index (χ0v) is 13.0. The van der Waals surface area contributed by atoms with Gasteiger partial charge in [-0.2, -0.15) is 0 Å². The molecule has 0 saturated heterocycles. The van der Waals surface area contributed by atoms with Crippen molar-refractivity contribution < 1.29 is 4.79 Å². The van der Waals surface area contributed by atoms with Crippen LogP contribution in [0.1, 0.15) is 30.6 Å². The third-order valence-corrected chi connectivity index (χ3v) is 3.18. The predicted octanol–water partition coefficient (Wildman–Crippen LogP) is 1.61. The largest absolute Gasteiger partial charge is 0.371 e. The van der Waals surface area contributed by atoms with Gasteiger partial charge in [-0.15, -0.1) is 0 Å². The molecule has 1 rings (SSSR count). The van der Waals surface area contributed by atoms with Crippen LogP contribution >= 0.6 is 0 Å². The van der Waals surface area contributed by atoms with Crippen molar-refractivity contribution in [3.63, 3.8) is 0 Å². The average molecular weight is 278 g/mol.